The average Bonchev–Trinajstić information content (AvgIpc) is 2.82. The van der Waals surface area contributed by atoms with Crippen LogP contribution in [0.15, 0.2) is 30.6 Å². The number of imidazole rings is 1. The molecule has 2 aromatic heterocycles. The Morgan fingerprint density at radius 1 is 1.38 bits per heavy atom. The second kappa shape index (κ2) is 4.78. The van der Waals surface area contributed by atoms with Crippen LogP contribution in [-0.2, 0) is 6.54 Å². The topological polar surface area (TPSA) is 113 Å². The van der Waals surface area contributed by atoms with E-state index in [1.807, 2.05) is 0 Å². The average molecular weight is 288 g/mol. The number of nitrogen functional groups attached to an aromatic ring is 1. The van der Waals surface area contributed by atoms with Crippen molar-refractivity contribution in [2.45, 2.75) is 6.54 Å². The van der Waals surface area contributed by atoms with Crippen molar-refractivity contribution in [3.05, 3.63) is 52.3 Å². The van der Waals surface area contributed by atoms with Gasteiger partial charge in [0, 0.05) is 12.1 Å². The summed E-state index contributed by atoms with van der Waals surface area (Å²) in [4.78, 5) is 21.4. The lowest BCUT2D eigenvalue weighted by Crippen LogP contribution is -2.03. The van der Waals surface area contributed by atoms with Gasteiger partial charge in [0.15, 0.2) is 11.5 Å². The fraction of sp³-hybridized carbons (Fsp3) is 0.0833. The summed E-state index contributed by atoms with van der Waals surface area (Å²) in [5.41, 5.74) is 6.76. The molecule has 0 saturated heterocycles. The van der Waals surface area contributed by atoms with Crippen LogP contribution in [0.25, 0.3) is 11.2 Å². The zero-order valence-corrected chi connectivity index (χ0v) is 10.6. The molecule has 21 heavy (non-hydrogen) atoms. The molecule has 8 nitrogen and oxygen atoms in total. The number of nitrogens with zero attached hydrogens (tertiary/aromatic N) is 5. The van der Waals surface area contributed by atoms with Gasteiger partial charge in [-0.3, -0.25) is 10.1 Å². The summed E-state index contributed by atoms with van der Waals surface area (Å²) in [6, 6.07) is 6.14. The number of aromatic nitrogens is 4. The summed E-state index contributed by atoms with van der Waals surface area (Å²) in [6.45, 7) is 0.258. The Morgan fingerprint density at radius 2 is 2.19 bits per heavy atom. The van der Waals surface area contributed by atoms with Gasteiger partial charge in [-0.1, -0.05) is 12.1 Å². The first-order valence-corrected chi connectivity index (χ1v) is 5.92. The fourth-order valence-electron chi connectivity index (χ4n) is 2.02. The van der Waals surface area contributed by atoms with Crippen molar-refractivity contribution in [1.29, 1.82) is 0 Å². The van der Waals surface area contributed by atoms with Crippen LogP contribution in [0.3, 0.4) is 0 Å². The molecule has 0 fully saturated rings. The SMILES string of the molecule is Nc1nc(F)nc2c1ncn2Cc1cccc([N+](=O)[O-])c1. The molecule has 0 bridgehead atoms. The molecule has 3 rings (SSSR count). The van der Waals surface area contributed by atoms with E-state index in [0.29, 0.717) is 11.1 Å². The lowest BCUT2D eigenvalue weighted by atomic mass is 10.2. The monoisotopic (exact) mass is 288 g/mol. The zero-order valence-electron chi connectivity index (χ0n) is 10.6. The van der Waals surface area contributed by atoms with Crippen LogP contribution in [0, 0.1) is 16.2 Å². The standard InChI is InChI=1S/C12H9FN6O2/c13-12-16-10(14)9-11(17-12)18(6-15-9)5-7-2-1-3-8(4-7)19(20)21/h1-4,6H,5H2,(H2,14,16,17). The van der Waals surface area contributed by atoms with E-state index in [-0.39, 0.29) is 23.7 Å². The number of nitrogens with two attached hydrogens (primary N) is 1. The molecule has 0 radical (unpaired) electrons. The Hall–Kier alpha value is -3.10. The quantitative estimate of drug-likeness (QED) is 0.444. The van der Waals surface area contributed by atoms with E-state index in [2.05, 4.69) is 15.0 Å². The Balaban J connectivity index is 2.02. The fourth-order valence-corrected chi connectivity index (χ4v) is 2.02. The van der Waals surface area contributed by atoms with Crippen LogP contribution >= 0.6 is 0 Å². The molecule has 3 aromatic rings. The Labute approximate surface area is 117 Å². The van der Waals surface area contributed by atoms with Crippen molar-refractivity contribution in [3.63, 3.8) is 0 Å². The third kappa shape index (κ3) is 2.36. The van der Waals surface area contributed by atoms with Gasteiger partial charge in [-0.05, 0) is 5.56 Å². The summed E-state index contributed by atoms with van der Waals surface area (Å²) in [6.07, 6.45) is 0.495. The van der Waals surface area contributed by atoms with Gasteiger partial charge in [-0.25, -0.2) is 4.98 Å². The molecule has 2 heterocycles. The third-order valence-corrected chi connectivity index (χ3v) is 2.94. The predicted octanol–water partition coefficient (Wildman–Crippen LogP) is 1.50. The molecule has 0 spiro atoms. The summed E-state index contributed by atoms with van der Waals surface area (Å²) in [5.74, 6) is -0.0460. The van der Waals surface area contributed by atoms with Crippen LogP contribution in [0.4, 0.5) is 15.9 Å². The molecule has 2 N–H and O–H groups in total. The number of nitro benzene ring substituents is 1. The van der Waals surface area contributed by atoms with Gasteiger partial charge in [-0.15, -0.1) is 0 Å². The maximum Gasteiger partial charge on any atom is 0.312 e. The van der Waals surface area contributed by atoms with E-state index in [1.165, 1.54) is 18.5 Å². The number of fused-ring (bicyclic) bond motifs is 1. The van der Waals surface area contributed by atoms with E-state index in [4.69, 9.17) is 5.73 Å². The molecule has 9 heteroatoms. The van der Waals surface area contributed by atoms with E-state index in [1.54, 1.807) is 16.7 Å². The number of hydrogen-bond donors (Lipinski definition) is 1. The smallest absolute Gasteiger partial charge is 0.312 e. The van der Waals surface area contributed by atoms with E-state index < -0.39 is 11.0 Å². The molecule has 0 aliphatic carbocycles. The number of benzene rings is 1. The summed E-state index contributed by atoms with van der Waals surface area (Å²) >= 11 is 0. The first kappa shape index (κ1) is 12.9. The number of halogens is 1. The van der Waals surface area contributed by atoms with Crippen molar-refractivity contribution < 1.29 is 9.31 Å². The van der Waals surface area contributed by atoms with Gasteiger partial charge in [-0.2, -0.15) is 14.4 Å². The number of anilines is 1. The molecule has 0 amide bonds. The van der Waals surface area contributed by atoms with Crippen LogP contribution in [-0.4, -0.2) is 24.4 Å². The third-order valence-electron chi connectivity index (χ3n) is 2.94. The highest BCUT2D eigenvalue weighted by atomic mass is 19.1. The predicted molar refractivity (Wildman–Crippen MR) is 71.9 cm³/mol. The molecule has 106 valence electrons. The molecule has 0 saturated carbocycles. The van der Waals surface area contributed by atoms with Crippen LogP contribution in [0.2, 0.25) is 0 Å². The van der Waals surface area contributed by atoms with Gasteiger partial charge in [0.25, 0.3) is 5.69 Å². The van der Waals surface area contributed by atoms with Crippen molar-refractivity contribution in [1.82, 2.24) is 19.5 Å². The highest BCUT2D eigenvalue weighted by molar-refractivity contribution is 5.81. The van der Waals surface area contributed by atoms with Crippen molar-refractivity contribution in [2.24, 2.45) is 0 Å². The molecule has 0 aliphatic rings. The van der Waals surface area contributed by atoms with E-state index in [9.17, 15) is 14.5 Å². The number of nitro groups is 1. The first-order valence-electron chi connectivity index (χ1n) is 5.92. The highest BCUT2D eigenvalue weighted by Gasteiger charge is 2.12. The van der Waals surface area contributed by atoms with Gasteiger partial charge in [0.1, 0.15) is 5.52 Å². The summed E-state index contributed by atoms with van der Waals surface area (Å²) < 4.78 is 14.8. The van der Waals surface area contributed by atoms with Crippen molar-refractivity contribution in [3.8, 4) is 0 Å². The normalized spacial score (nSPS) is 10.9. The van der Waals surface area contributed by atoms with Gasteiger partial charge < -0.3 is 10.3 Å². The van der Waals surface area contributed by atoms with Crippen LogP contribution < -0.4 is 5.73 Å². The van der Waals surface area contributed by atoms with Crippen LogP contribution in [0.1, 0.15) is 5.56 Å². The van der Waals surface area contributed by atoms with Crippen LogP contribution in [0.5, 0.6) is 0 Å². The minimum atomic E-state index is -0.944. The van der Waals surface area contributed by atoms with Crippen molar-refractivity contribution >= 4 is 22.7 Å². The Morgan fingerprint density at radius 3 is 2.95 bits per heavy atom. The molecular formula is C12H9FN6O2. The molecule has 0 aliphatic heterocycles. The van der Waals surface area contributed by atoms with E-state index >= 15 is 0 Å². The largest absolute Gasteiger partial charge is 0.382 e. The number of non-ortho nitro benzene ring substituents is 1. The van der Waals surface area contributed by atoms with Crippen molar-refractivity contribution in [2.75, 3.05) is 5.73 Å². The minimum absolute atomic E-state index is 0.0164. The minimum Gasteiger partial charge on any atom is -0.382 e. The maximum atomic E-state index is 13.2. The lowest BCUT2D eigenvalue weighted by molar-refractivity contribution is -0.384. The second-order valence-corrected chi connectivity index (χ2v) is 4.35. The maximum absolute atomic E-state index is 13.2. The van der Waals surface area contributed by atoms with E-state index in [0.717, 1.165) is 0 Å². The summed E-state index contributed by atoms with van der Waals surface area (Å²) in [5, 5.41) is 10.8. The first-order chi connectivity index (χ1) is 10.0. The van der Waals surface area contributed by atoms with Gasteiger partial charge in [0.05, 0.1) is 17.8 Å². The molecule has 0 unspecified atom stereocenters. The molecule has 0 atom stereocenters. The molecule has 1 aromatic carbocycles. The molecular weight excluding hydrogens is 279 g/mol. The van der Waals surface area contributed by atoms with Gasteiger partial charge >= 0.3 is 6.08 Å². The van der Waals surface area contributed by atoms with Gasteiger partial charge in [0.2, 0.25) is 0 Å². The zero-order chi connectivity index (χ0) is 15.0. The summed E-state index contributed by atoms with van der Waals surface area (Å²) in [7, 11) is 0. The lowest BCUT2D eigenvalue weighted by Gasteiger charge is -2.04. The highest BCUT2D eigenvalue weighted by Crippen LogP contribution is 2.19. The second-order valence-electron chi connectivity index (χ2n) is 4.35. The number of rotatable bonds is 3. The Bertz CT molecular complexity index is 847. The number of hydrogen-bond acceptors (Lipinski definition) is 6. The Kier molecular flexibility index (Phi) is 2.94.